The van der Waals surface area contributed by atoms with Crippen molar-refractivity contribution in [2.24, 2.45) is 0 Å². The van der Waals surface area contributed by atoms with E-state index in [2.05, 4.69) is 263 Å². The molecule has 0 amide bonds. The van der Waals surface area contributed by atoms with Crippen LogP contribution in [0.25, 0.3) is 38.3 Å². The first-order valence-corrected chi connectivity index (χ1v) is 24.0. The number of hydrogen-bond donors (Lipinski definition) is 0. The van der Waals surface area contributed by atoms with Crippen LogP contribution in [-0.4, -0.2) is 4.40 Å². The molecule has 3 nitrogen and oxygen atoms in total. The number of hydrogen-bond acceptors (Lipinski definition) is 2. The van der Waals surface area contributed by atoms with Crippen molar-refractivity contribution in [2.75, 3.05) is 9.80 Å². The highest BCUT2D eigenvalue weighted by Gasteiger charge is 2.42. The fourth-order valence-electron chi connectivity index (χ4n) is 10.7. The molecule has 0 atom stereocenters. The first-order chi connectivity index (χ1) is 31.0. The van der Waals surface area contributed by atoms with Gasteiger partial charge in [-0.15, -0.1) is 0 Å². The molecule has 0 spiro atoms. The van der Waals surface area contributed by atoms with Crippen molar-refractivity contribution >= 4 is 61.3 Å². The van der Waals surface area contributed by atoms with Crippen LogP contribution in [0.5, 0.6) is 0 Å². The third-order valence-electron chi connectivity index (χ3n) is 14.5. The summed E-state index contributed by atoms with van der Waals surface area (Å²) in [5.74, 6) is 0. The van der Waals surface area contributed by atoms with Crippen LogP contribution in [0.1, 0.15) is 130 Å². The lowest BCUT2D eigenvalue weighted by molar-refractivity contribution is 0.590. The second-order valence-corrected chi connectivity index (χ2v) is 23.6. The van der Waals surface area contributed by atoms with Gasteiger partial charge in [0.15, 0.2) is 0 Å². The maximum atomic E-state index is 2.62. The average Bonchev–Trinajstić information content (AvgIpc) is 3.87. The fraction of sp³-hybridized carbons (Fsp3) is 0.302. The predicted octanol–water partition coefficient (Wildman–Crippen LogP) is 18.1. The second-order valence-electron chi connectivity index (χ2n) is 23.6. The zero-order valence-corrected chi connectivity index (χ0v) is 41.8. The van der Waals surface area contributed by atoms with Crippen LogP contribution >= 0.6 is 0 Å². The van der Waals surface area contributed by atoms with Gasteiger partial charge in [0.2, 0.25) is 0 Å². The van der Waals surface area contributed by atoms with Gasteiger partial charge >= 0.3 is 0 Å². The standard InChI is InChI=1S/C63H67N3/c1-59(2,3)40-19-27-44(28-20-40)64(45-29-21-41(22-30-45)60(4,5)6)48-35-36-49-52(39-48)63(13,14)58-55(49)51-37-38-54(56-50-17-15-16-18-53(50)66(58)57(51)56)65(46-31-23-42(24-32-46)61(7,8)9)47-33-25-43(26-34-47)62(10,11)12/h15-39H,1-14H3. The molecule has 1 aliphatic carbocycles. The molecule has 0 aliphatic heterocycles. The molecule has 2 aromatic heterocycles. The maximum Gasteiger partial charge on any atom is 0.0638 e. The van der Waals surface area contributed by atoms with E-state index in [-0.39, 0.29) is 27.1 Å². The number of para-hydroxylation sites is 1. The van der Waals surface area contributed by atoms with Gasteiger partial charge in [0.1, 0.15) is 0 Å². The van der Waals surface area contributed by atoms with Crippen molar-refractivity contribution in [1.29, 1.82) is 0 Å². The number of benzene rings is 7. The average molecular weight is 866 g/mol. The molecular formula is C63H67N3. The summed E-state index contributed by atoms with van der Waals surface area (Å²) in [5, 5.41) is 3.86. The van der Waals surface area contributed by atoms with Gasteiger partial charge < -0.3 is 14.2 Å². The van der Waals surface area contributed by atoms with Crippen LogP contribution in [-0.2, 0) is 27.1 Å². The molecule has 0 N–H and O–H groups in total. The van der Waals surface area contributed by atoms with Crippen molar-refractivity contribution in [2.45, 2.75) is 124 Å². The van der Waals surface area contributed by atoms with E-state index in [1.807, 2.05) is 0 Å². The fourth-order valence-corrected chi connectivity index (χ4v) is 10.7. The monoisotopic (exact) mass is 866 g/mol. The topological polar surface area (TPSA) is 10.9 Å². The molecule has 2 heterocycles. The number of nitrogens with zero attached hydrogens (tertiary/aromatic N) is 3. The molecule has 10 rings (SSSR count). The molecule has 334 valence electrons. The van der Waals surface area contributed by atoms with Crippen molar-refractivity contribution in [3.8, 4) is 11.1 Å². The number of fused-ring (bicyclic) bond motifs is 8. The minimum atomic E-state index is -0.294. The Hall–Kier alpha value is -6.32. The van der Waals surface area contributed by atoms with Crippen molar-refractivity contribution in [1.82, 2.24) is 4.40 Å². The van der Waals surface area contributed by atoms with Gasteiger partial charge in [-0.2, -0.15) is 0 Å². The summed E-state index contributed by atoms with van der Waals surface area (Å²) < 4.78 is 2.62. The molecule has 7 aromatic carbocycles. The van der Waals surface area contributed by atoms with Crippen molar-refractivity contribution in [3.63, 3.8) is 0 Å². The van der Waals surface area contributed by atoms with Gasteiger partial charge in [-0.05, 0) is 128 Å². The Kier molecular flexibility index (Phi) is 9.80. The lowest BCUT2D eigenvalue weighted by Crippen LogP contribution is -2.19. The van der Waals surface area contributed by atoms with E-state index in [0.717, 1.165) is 22.7 Å². The van der Waals surface area contributed by atoms with E-state index >= 15 is 0 Å². The zero-order chi connectivity index (χ0) is 46.9. The summed E-state index contributed by atoms with van der Waals surface area (Å²) in [4.78, 5) is 4.93. The third-order valence-corrected chi connectivity index (χ3v) is 14.5. The molecule has 0 bridgehead atoms. The molecule has 0 unspecified atom stereocenters. The zero-order valence-electron chi connectivity index (χ0n) is 41.8. The SMILES string of the molecule is CC(C)(C)c1ccc(N(c2ccc(C(C)(C)C)cc2)c2ccc3c(c2)C(C)(C)c2c-3c3ccc(N(c4ccc(C(C)(C)C)cc4)c4ccc(C(C)(C)C)cc4)c4c5ccccc5n2c34)cc1. The number of aromatic nitrogens is 1. The molecule has 0 saturated heterocycles. The molecule has 1 aliphatic rings. The summed E-state index contributed by atoms with van der Waals surface area (Å²) in [7, 11) is 0. The summed E-state index contributed by atoms with van der Waals surface area (Å²) >= 11 is 0. The Morgan fingerprint density at radius 3 is 1.26 bits per heavy atom. The molecule has 3 heteroatoms. The Bertz CT molecular complexity index is 3140. The van der Waals surface area contributed by atoms with E-state index in [0.29, 0.717) is 0 Å². The Morgan fingerprint density at radius 1 is 0.409 bits per heavy atom. The van der Waals surface area contributed by atoms with Gasteiger partial charge in [-0.25, -0.2) is 0 Å². The Balaban J connectivity index is 1.17. The van der Waals surface area contributed by atoms with Crippen LogP contribution < -0.4 is 9.80 Å². The van der Waals surface area contributed by atoms with Gasteiger partial charge in [-0.3, -0.25) is 0 Å². The number of anilines is 6. The Labute approximate surface area is 394 Å². The first kappa shape index (κ1) is 43.6. The smallest absolute Gasteiger partial charge is 0.0638 e. The van der Waals surface area contributed by atoms with E-state index in [4.69, 9.17) is 0 Å². The summed E-state index contributed by atoms with van der Waals surface area (Å²) in [6, 6.07) is 58.0. The lowest BCUT2D eigenvalue weighted by atomic mass is 9.84. The quantitative estimate of drug-likeness (QED) is 0.165. The van der Waals surface area contributed by atoms with E-state index in [9.17, 15) is 0 Å². The third kappa shape index (κ3) is 7.00. The highest BCUT2D eigenvalue weighted by Crippen LogP contribution is 2.58. The molecular weight excluding hydrogens is 799 g/mol. The van der Waals surface area contributed by atoms with Crippen LogP contribution in [0.15, 0.2) is 152 Å². The normalized spacial score (nSPS) is 14.0. The van der Waals surface area contributed by atoms with Crippen molar-refractivity contribution in [3.05, 3.63) is 185 Å². The van der Waals surface area contributed by atoms with Crippen molar-refractivity contribution < 1.29 is 0 Å². The molecule has 66 heavy (non-hydrogen) atoms. The summed E-state index contributed by atoms with van der Waals surface area (Å²) in [5.41, 5.74) is 20.2. The predicted molar refractivity (Wildman–Crippen MR) is 285 cm³/mol. The van der Waals surface area contributed by atoms with Gasteiger partial charge in [-0.1, -0.05) is 176 Å². The number of rotatable bonds is 6. The highest BCUT2D eigenvalue weighted by atomic mass is 15.2. The second kappa shape index (κ2) is 14.8. The lowest BCUT2D eigenvalue weighted by Gasteiger charge is -2.30. The minimum absolute atomic E-state index is 0.0581. The van der Waals surface area contributed by atoms with Gasteiger partial charge in [0.05, 0.1) is 16.7 Å². The van der Waals surface area contributed by atoms with Crippen LogP contribution in [0.4, 0.5) is 34.1 Å². The van der Waals surface area contributed by atoms with Gasteiger partial charge in [0.25, 0.3) is 0 Å². The maximum absolute atomic E-state index is 2.62. The molecule has 0 fully saturated rings. The summed E-state index contributed by atoms with van der Waals surface area (Å²) in [6.07, 6.45) is 0. The largest absolute Gasteiger partial charge is 0.311 e. The Morgan fingerprint density at radius 2 is 0.818 bits per heavy atom. The molecule has 0 radical (unpaired) electrons. The molecule has 0 saturated carbocycles. The highest BCUT2D eigenvalue weighted by molar-refractivity contribution is 6.24. The minimum Gasteiger partial charge on any atom is -0.311 e. The van der Waals surface area contributed by atoms with E-state index in [1.54, 1.807) is 0 Å². The molecule has 9 aromatic rings. The summed E-state index contributed by atoms with van der Waals surface area (Å²) in [6.45, 7) is 32.3. The van der Waals surface area contributed by atoms with E-state index < -0.39 is 0 Å². The van der Waals surface area contributed by atoms with Gasteiger partial charge in [0, 0.05) is 61.3 Å². The van der Waals surface area contributed by atoms with Crippen LogP contribution in [0, 0.1) is 0 Å². The first-order valence-electron chi connectivity index (χ1n) is 24.0. The van der Waals surface area contributed by atoms with Crippen LogP contribution in [0.3, 0.4) is 0 Å². The van der Waals surface area contributed by atoms with E-state index in [1.165, 1.54) is 83.2 Å². The van der Waals surface area contributed by atoms with Crippen LogP contribution in [0.2, 0.25) is 0 Å².